The van der Waals surface area contributed by atoms with E-state index in [-0.39, 0.29) is 6.10 Å². The van der Waals surface area contributed by atoms with Crippen molar-refractivity contribution in [2.45, 2.75) is 39.2 Å². The molecule has 92 valence electrons. The topological polar surface area (TPSA) is 33.1 Å². The van der Waals surface area contributed by atoms with Crippen LogP contribution in [-0.2, 0) is 0 Å². The molecule has 0 amide bonds. The van der Waals surface area contributed by atoms with Crippen molar-refractivity contribution in [3.05, 3.63) is 29.3 Å². The largest absolute Gasteiger partial charge is 0.388 e. The first-order valence-electron chi connectivity index (χ1n) is 6.25. The molecule has 2 aromatic rings. The van der Waals surface area contributed by atoms with Crippen LogP contribution in [0.3, 0.4) is 0 Å². The predicted molar refractivity (Wildman–Crippen MR) is 73.3 cm³/mol. The SMILES string of the molecule is CCC(CC)CC(O)c1cnc2ccsc2c1. The molecule has 0 aliphatic carbocycles. The number of nitrogens with zero attached hydrogens (tertiary/aromatic N) is 1. The molecule has 2 aromatic heterocycles. The van der Waals surface area contributed by atoms with Gasteiger partial charge in [0.25, 0.3) is 0 Å². The van der Waals surface area contributed by atoms with E-state index < -0.39 is 0 Å². The van der Waals surface area contributed by atoms with Gasteiger partial charge in [0.2, 0.25) is 0 Å². The van der Waals surface area contributed by atoms with Crippen LogP contribution in [0.25, 0.3) is 10.2 Å². The summed E-state index contributed by atoms with van der Waals surface area (Å²) in [4.78, 5) is 4.37. The second-order valence-corrected chi connectivity index (χ2v) is 5.45. The van der Waals surface area contributed by atoms with Gasteiger partial charge in [0.15, 0.2) is 0 Å². The van der Waals surface area contributed by atoms with Gasteiger partial charge in [-0.25, -0.2) is 0 Å². The maximum absolute atomic E-state index is 10.2. The molecule has 1 N–H and O–H groups in total. The Morgan fingerprint density at radius 3 is 2.82 bits per heavy atom. The average molecular weight is 249 g/mol. The fourth-order valence-corrected chi connectivity index (χ4v) is 2.91. The van der Waals surface area contributed by atoms with Crippen LogP contribution in [0.1, 0.15) is 44.8 Å². The highest BCUT2D eigenvalue weighted by Crippen LogP contribution is 2.28. The van der Waals surface area contributed by atoms with Crippen LogP contribution in [0.2, 0.25) is 0 Å². The summed E-state index contributed by atoms with van der Waals surface area (Å²) in [7, 11) is 0. The molecule has 0 aliphatic heterocycles. The summed E-state index contributed by atoms with van der Waals surface area (Å²) in [6.45, 7) is 4.36. The standard InChI is InChI=1S/C14H19NOS/c1-3-10(4-2)7-13(16)11-8-14-12(15-9-11)5-6-17-14/h5-6,8-10,13,16H,3-4,7H2,1-2H3. The first-order valence-corrected chi connectivity index (χ1v) is 7.13. The van der Waals surface area contributed by atoms with Gasteiger partial charge in [-0.05, 0) is 29.9 Å². The summed E-state index contributed by atoms with van der Waals surface area (Å²) in [5.74, 6) is 0.601. The fourth-order valence-electron chi connectivity index (χ4n) is 2.12. The first kappa shape index (κ1) is 12.5. The highest BCUT2D eigenvalue weighted by molar-refractivity contribution is 7.17. The van der Waals surface area contributed by atoms with E-state index in [1.807, 2.05) is 17.6 Å². The summed E-state index contributed by atoms with van der Waals surface area (Å²) in [5, 5.41) is 12.3. The maximum atomic E-state index is 10.2. The summed E-state index contributed by atoms with van der Waals surface area (Å²) in [5.41, 5.74) is 1.97. The van der Waals surface area contributed by atoms with Crippen molar-refractivity contribution >= 4 is 21.6 Å². The molecule has 17 heavy (non-hydrogen) atoms. The van der Waals surface area contributed by atoms with Gasteiger partial charge >= 0.3 is 0 Å². The number of pyridine rings is 1. The third-order valence-electron chi connectivity index (χ3n) is 3.42. The van der Waals surface area contributed by atoms with Crippen LogP contribution in [0.4, 0.5) is 0 Å². The van der Waals surface area contributed by atoms with Crippen LogP contribution in [0.15, 0.2) is 23.7 Å². The van der Waals surface area contributed by atoms with Crippen LogP contribution in [0.5, 0.6) is 0 Å². The minimum Gasteiger partial charge on any atom is -0.388 e. The second kappa shape index (κ2) is 5.61. The zero-order valence-electron chi connectivity index (χ0n) is 10.4. The highest BCUT2D eigenvalue weighted by atomic mass is 32.1. The van der Waals surface area contributed by atoms with Crippen molar-refractivity contribution in [2.24, 2.45) is 5.92 Å². The van der Waals surface area contributed by atoms with E-state index >= 15 is 0 Å². The molecular formula is C14H19NOS. The molecule has 0 bridgehead atoms. The normalized spacial score (nSPS) is 13.4. The maximum Gasteiger partial charge on any atom is 0.0809 e. The number of hydrogen-bond donors (Lipinski definition) is 1. The Hall–Kier alpha value is -0.930. The molecule has 0 radical (unpaired) electrons. The van der Waals surface area contributed by atoms with E-state index in [4.69, 9.17) is 0 Å². The number of rotatable bonds is 5. The lowest BCUT2D eigenvalue weighted by Gasteiger charge is -2.17. The third kappa shape index (κ3) is 2.85. The van der Waals surface area contributed by atoms with Crippen molar-refractivity contribution in [1.82, 2.24) is 4.98 Å². The molecule has 0 saturated carbocycles. The Labute approximate surface area is 106 Å². The van der Waals surface area contributed by atoms with Gasteiger partial charge in [0.05, 0.1) is 16.3 Å². The van der Waals surface area contributed by atoms with Crippen molar-refractivity contribution in [3.63, 3.8) is 0 Å². The molecule has 1 unspecified atom stereocenters. The number of aromatic nitrogens is 1. The molecular weight excluding hydrogens is 230 g/mol. The number of aliphatic hydroxyl groups is 1. The van der Waals surface area contributed by atoms with Crippen LogP contribution >= 0.6 is 11.3 Å². The lowest BCUT2D eigenvalue weighted by molar-refractivity contribution is 0.141. The van der Waals surface area contributed by atoms with E-state index in [9.17, 15) is 5.11 Å². The highest BCUT2D eigenvalue weighted by Gasteiger charge is 2.14. The van der Waals surface area contributed by atoms with Crippen molar-refractivity contribution in [2.75, 3.05) is 0 Å². The third-order valence-corrected chi connectivity index (χ3v) is 4.27. The molecule has 0 fully saturated rings. The second-order valence-electron chi connectivity index (χ2n) is 4.51. The number of fused-ring (bicyclic) bond motifs is 1. The van der Waals surface area contributed by atoms with Gasteiger partial charge in [-0.1, -0.05) is 26.7 Å². The lowest BCUT2D eigenvalue weighted by atomic mass is 9.93. The molecule has 2 heterocycles. The van der Waals surface area contributed by atoms with Crippen LogP contribution in [-0.4, -0.2) is 10.1 Å². The molecule has 2 rings (SSSR count). The van der Waals surface area contributed by atoms with Gasteiger partial charge in [-0.2, -0.15) is 0 Å². The summed E-state index contributed by atoms with van der Waals surface area (Å²) < 4.78 is 1.16. The van der Waals surface area contributed by atoms with Gasteiger partial charge in [-0.3, -0.25) is 4.98 Å². The molecule has 0 aliphatic rings. The molecule has 3 heteroatoms. The molecule has 1 atom stereocenters. The molecule has 0 saturated heterocycles. The quantitative estimate of drug-likeness (QED) is 0.863. The van der Waals surface area contributed by atoms with Crippen LogP contribution < -0.4 is 0 Å². The first-order chi connectivity index (χ1) is 8.24. The minimum absolute atomic E-state index is 0.376. The Bertz CT molecular complexity index is 476. The van der Waals surface area contributed by atoms with Gasteiger partial charge in [0.1, 0.15) is 0 Å². The minimum atomic E-state index is -0.376. The lowest BCUT2D eigenvalue weighted by Crippen LogP contribution is -2.06. The van der Waals surface area contributed by atoms with Gasteiger partial charge in [0, 0.05) is 11.8 Å². The molecule has 0 aromatic carbocycles. The predicted octanol–water partition coefficient (Wildman–Crippen LogP) is 4.16. The van der Waals surface area contributed by atoms with E-state index in [1.54, 1.807) is 11.3 Å². The summed E-state index contributed by atoms with van der Waals surface area (Å²) in [6.07, 6.45) is 4.52. The molecule has 0 spiro atoms. The Morgan fingerprint density at radius 1 is 1.35 bits per heavy atom. The Morgan fingerprint density at radius 2 is 2.12 bits per heavy atom. The Balaban J connectivity index is 2.14. The zero-order valence-corrected chi connectivity index (χ0v) is 11.2. The van der Waals surface area contributed by atoms with E-state index in [1.165, 1.54) is 0 Å². The monoisotopic (exact) mass is 249 g/mol. The smallest absolute Gasteiger partial charge is 0.0809 e. The summed E-state index contributed by atoms with van der Waals surface area (Å²) >= 11 is 1.68. The molecule has 2 nitrogen and oxygen atoms in total. The van der Waals surface area contributed by atoms with E-state index in [2.05, 4.69) is 24.9 Å². The van der Waals surface area contributed by atoms with Gasteiger partial charge < -0.3 is 5.11 Å². The van der Waals surface area contributed by atoms with E-state index in [0.717, 1.165) is 35.0 Å². The van der Waals surface area contributed by atoms with Crippen molar-refractivity contribution in [3.8, 4) is 0 Å². The fraction of sp³-hybridized carbons (Fsp3) is 0.500. The van der Waals surface area contributed by atoms with Crippen LogP contribution in [0, 0.1) is 5.92 Å². The zero-order chi connectivity index (χ0) is 12.3. The van der Waals surface area contributed by atoms with Crippen molar-refractivity contribution in [1.29, 1.82) is 0 Å². The average Bonchev–Trinajstić information content (AvgIpc) is 2.82. The van der Waals surface area contributed by atoms with Crippen molar-refractivity contribution < 1.29 is 5.11 Å². The summed E-state index contributed by atoms with van der Waals surface area (Å²) in [6, 6.07) is 4.08. The number of hydrogen-bond acceptors (Lipinski definition) is 3. The van der Waals surface area contributed by atoms with Gasteiger partial charge in [-0.15, -0.1) is 11.3 Å². The number of thiophene rings is 1. The Kier molecular flexibility index (Phi) is 4.13. The number of aliphatic hydroxyl groups excluding tert-OH is 1. The van der Waals surface area contributed by atoms with E-state index in [0.29, 0.717) is 5.92 Å².